The van der Waals surface area contributed by atoms with Crippen molar-refractivity contribution >= 4 is 23.4 Å². The smallest absolute Gasteiger partial charge is 0.427 e. The van der Waals surface area contributed by atoms with Crippen LogP contribution in [0.25, 0.3) is 0 Å². The van der Waals surface area contributed by atoms with Gasteiger partial charge in [-0.2, -0.15) is 0 Å². The molecule has 0 amide bonds. The molecule has 18 heavy (non-hydrogen) atoms. The molecule has 7 heteroatoms. The number of ether oxygens (including phenoxy) is 1. The largest absolute Gasteiger partial charge is 0.528 e. The average Bonchev–Trinajstić information content (AvgIpc) is 2.17. The second kappa shape index (κ2) is 5.81. The molecular weight excluding hydrogens is 256 g/mol. The van der Waals surface area contributed by atoms with E-state index in [4.69, 9.17) is 27.5 Å². The first kappa shape index (κ1) is 15.1. The summed E-state index contributed by atoms with van der Waals surface area (Å²) in [6.07, 6.45) is -0.897. The summed E-state index contributed by atoms with van der Waals surface area (Å²) in [5.74, 6) is -0.365. The number of thiocarbonyl (C=S) groups is 1. The first-order valence-corrected chi connectivity index (χ1v) is 6.23. The van der Waals surface area contributed by atoms with Crippen molar-refractivity contribution in [3.8, 4) is 0 Å². The normalized spacial score (nSPS) is 25.6. The highest BCUT2D eigenvalue weighted by atomic mass is 32.1. The summed E-state index contributed by atoms with van der Waals surface area (Å²) in [6, 6.07) is 0. The summed E-state index contributed by atoms with van der Waals surface area (Å²) in [4.78, 5) is 16.7. The van der Waals surface area contributed by atoms with Crippen LogP contribution in [0.5, 0.6) is 0 Å². The van der Waals surface area contributed by atoms with Gasteiger partial charge >= 0.3 is 6.16 Å². The molecule has 0 saturated carbocycles. The van der Waals surface area contributed by atoms with Crippen molar-refractivity contribution in [3.63, 3.8) is 0 Å². The van der Waals surface area contributed by atoms with Crippen LogP contribution < -0.4 is 5.73 Å². The summed E-state index contributed by atoms with van der Waals surface area (Å²) in [6.45, 7) is 5.99. The zero-order valence-corrected chi connectivity index (χ0v) is 11.7. The van der Waals surface area contributed by atoms with E-state index in [0.29, 0.717) is 13.0 Å². The van der Waals surface area contributed by atoms with E-state index in [1.807, 2.05) is 0 Å². The monoisotopic (exact) mass is 276 g/mol. The van der Waals surface area contributed by atoms with Gasteiger partial charge in [-0.25, -0.2) is 4.79 Å². The molecule has 0 aromatic carbocycles. The zero-order valence-electron chi connectivity index (χ0n) is 10.9. The molecule has 1 rings (SSSR count). The Bertz CT molecular complexity index is 329. The third kappa shape index (κ3) is 4.75. The van der Waals surface area contributed by atoms with E-state index in [0.717, 1.165) is 0 Å². The van der Waals surface area contributed by atoms with Gasteiger partial charge in [0.2, 0.25) is 0 Å². The maximum absolute atomic E-state index is 11.5. The number of carbonyl (C=O) groups excluding carboxylic acids is 1. The summed E-state index contributed by atoms with van der Waals surface area (Å²) in [5, 5.41) is 11.1. The number of piperidine rings is 1. The Morgan fingerprint density at radius 3 is 2.61 bits per heavy atom. The van der Waals surface area contributed by atoms with Crippen molar-refractivity contribution < 1.29 is 19.5 Å². The van der Waals surface area contributed by atoms with Gasteiger partial charge in [-0.05, 0) is 27.2 Å². The number of hydroxylamine groups is 2. The fraction of sp³-hybridized carbons (Fsp3) is 0.818. The van der Waals surface area contributed by atoms with Crippen molar-refractivity contribution in [2.24, 2.45) is 11.7 Å². The van der Waals surface area contributed by atoms with E-state index in [2.05, 4.69) is 0 Å². The van der Waals surface area contributed by atoms with Gasteiger partial charge in [0.15, 0.2) is 0 Å². The predicted octanol–water partition coefficient (Wildman–Crippen LogP) is 0.822. The standard InChI is InChI=1S/C11H20N2O4S/c1-11(2,3)16-10(15)17-13-5-4-8(14)7(6-13)9(12)18/h7-8,14H,4-6H2,1-3H3,(H2,12,18). The number of hydrogen-bond donors (Lipinski definition) is 2. The highest BCUT2D eigenvalue weighted by molar-refractivity contribution is 7.80. The van der Waals surface area contributed by atoms with E-state index < -0.39 is 17.9 Å². The second-order valence-corrected chi connectivity index (χ2v) is 5.78. The molecule has 1 heterocycles. The summed E-state index contributed by atoms with van der Waals surface area (Å²) < 4.78 is 5.03. The molecule has 1 aliphatic heterocycles. The molecule has 0 aromatic heterocycles. The molecule has 104 valence electrons. The molecule has 0 aromatic rings. The van der Waals surface area contributed by atoms with Gasteiger partial charge in [0.1, 0.15) is 5.60 Å². The third-order valence-corrected chi connectivity index (χ3v) is 2.80. The fourth-order valence-electron chi connectivity index (χ4n) is 1.65. The quantitative estimate of drug-likeness (QED) is 0.570. The number of nitrogens with zero attached hydrogens (tertiary/aromatic N) is 1. The van der Waals surface area contributed by atoms with Gasteiger partial charge < -0.3 is 20.4 Å². The Kier molecular flexibility index (Phi) is 4.89. The highest BCUT2D eigenvalue weighted by Gasteiger charge is 2.32. The summed E-state index contributed by atoms with van der Waals surface area (Å²) >= 11 is 4.87. The number of hydrogen-bond acceptors (Lipinski definition) is 6. The van der Waals surface area contributed by atoms with Gasteiger partial charge in [0.25, 0.3) is 0 Å². The molecule has 2 atom stereocenters. The fourth-order valence-corrected chi connectivity index (χ4v) is 1.88. The van der Waals surface area contributed by atoms with Crippen LogP contribution in [0.2, 0.25) is 0 Å². The lowest BCUT2D eigenvalue weighted by molar-refractivity contribution is -0.166. The van der Waals surface area contributed by atoms with E-state index in [1.165, 1.54) is 5.06 Å². The molecule has 0 aliphatic carbocycles. The van der Waals surface area contributed by atoms with Crippen LogP contribution in [-0.2, 0) is 9.57 Å². The van der Waals surface area contributed by atoms with Crippen molar-refractivity contribution in [3.05, 3.63) is 0 Å². The zero-order chi connectivity index (χ0) is 13.9. The minimum atomic E-state index is -0.763. The van der Waals surface area contributed by atoms with Crippen molar-refractivity contribution in [1.82, 2.24) is 5.06 Å². The van der Waals surface area contributed by atoms with Crippen LogP contribution in [0.4, 0.5) is 4.79 Å². The van der Waals surface area contributed by atoms with Crippen LogP contribution in [0.3, 0.4) is 0 Å². The summed E-state index contributed by atoms with van der Waals surface area (Å²) in [7, 11) is 0. The molecule has 2 unspecified atom stereocenters. The van der Waals surface area contributed by atoms with Gasteiger partial charge in [0.05, 0.1) is 17.0 Å². The number of nitrogens with two attached hydrogens (primary N) is 1. The number of carbonyl (C=O) groups is 1. The Hall–Kier alpha value is -0.920. The van der Waals surface area contributed by atoms with Crippen LogP contribution >= 0.6 is 12.2 Å². The van der Waals surface area contributed by atoms with Crippen molar-refractivity contribution in [1.29, 1.82) is 0 Å². The lowest BCUT2D eigenvalue weighted by atomic mass is 9.96. The van der Waals surface area contributed by atoms with E-state index in [9.17, 15) is 9.90 Å². The topological polar surface area (TPSA) is 85.0 Å². The molecule has 3 N–H and O–H groups in total. The van der Waals surface area contributed by atoms with Crippen LogP contribution in [0.15, 0.2) is 0 Å². The first-order chi connectivity index (χ1) is 8.19. The van der Waals surface area contributed by atoms with Crippen molar-refractivity contribution in [2.75, 3.05) is 13.1 Å². The van der Waals surface area contributed by atoms with E-state index in [-0.39, 0.29) is 17.5 Å². The van der Waals surface area contributed by atoms with Gasteiger partial charge in [0, 0.05) is 13.1 Å². The molecule has 1 aliphatic rings. The second-order valence-electron chi connectivity index (χ2n) is 5.31. The van der Waals surface area contributed by atoms with Crippen LogP contribution in [0, 0.1) is 5.92 Å². The maximum atomic E-state index is 11.5. The van der Waals surface area contributed by atoms with Crippen LogP contribution in [-0.4, -0.2) is 46.1 Å². The first-order valence-electron chi connectivity index (χ1n) is 5.82. The van der Waals surface area contributed by atoms with E-state index in [1.54, 1.807) is 20.8 Å². The maximum Gasteiger partial charge on any atom is 0.528 e. The number of aliphatic hydroxyl groups is 1. The Morgan fingerprint density at radius 2 is 2.11 bits per heavy atom. The predicted molar refractivity (Wildman–Crippen MR) is 69.8 cm³/mol. The Balaban J connectivity index is 2.49. The molecule has 0 spiro atoms. The lowest BCUT2D eigenvalue weighted by Gasteiger charge is -2.34. The minimum Gasteiger partial charge on any atom is -0.427 e. The molecular formula is C11H20N2O4S. The number of rotatable bonds is 2. The van der Waals surface area contributed by atoms with Gasteiger partial charge in [-0.1, -0.05) is 12.2 Å². The van der Waals surface area contributed by atoms with Crippen molar-refractivity contribution in [2.45, 2.75) is 38.9 Å². The highest BCUT2D eigenvalue weighted by Crippen LogP contribution is 2.19. The molecule has 6 nitrogen and oxygen atoms in total. The average molecular weight is 276 g/mol. The van der Waals surface area contributed by atoms with Gasteiger partial charge in [-0.3, -0.25) is 0 Å². The molecule has 1 fully saturated rings. The lowest BCUT2D eigenvalue weighted by Crippen LogP contribution is -2.48. The number of aliphatic hydroxyl groups excluding tert-OH is 1. The Morgan fingerprint density at radius 1 is 1.50 bits per heavy atom. The Labute approximate surface area is 112 Å². The molecule has 1 saturated heterocycles. The third-order valence-electron chi connectivity index (χ3n) is 2.50. The van der Waals surface area contributed by atoms with Crippen LogP contribution in [0.1, 0.15) is 27.2 Å². The minimum absolute atomic E-state index is 0.222. The molecule has 0 bridgehead atoms. The SMILES string of the molecule is CC(C)(C)OC(=O)ON1CCC(O)C(C(N)=S)C1. The molecule has 0 radical (unpaired) electrons. The van der Waals surface area contributed by atoms with E-state index >= 15 is 0 Å². The summed E-state index contributed by atoms with van der Waals surface area (Å²) in [5.41, 5.74) is 4.92. The van der Waals surface area contributed by atoms with Gasteiger partial charge in [-0.15, -0.1) is 5.06 Å².